The van der Waals surface area contributed by atoms with Crippen molar-refractivity contribution >= 4 is 0 Å². The van der Waals surface area contributed by atoms with E-state index in [0.717, 1.165) is 0 Å². The van der Waals surface area contributed by atoms with E-state index >= 15 is 0 Å². The first kappa shape index (κ1) is 17.0. The van der Waals surface area contributed by atoms with Crippen LogP contribution in [0.5, 0.6) is 0 Å². The highest BCUT2D eigenvalue weighted by Crippen LogP contribution is 2.25. The van der Waals surface area contributed by atoms with Crippen LogP contribution in [0.15, 0.2) is 0 Å². The second-order valence-electron chi connectivity index (χ2n) is 5.08. The van der Waals surface area contributed by atoms with Crippen molar-refractivity contribution < 1.29 is 50.0 Å². The molecular weight excluding hydrogens is 292 g/mol. The van der Waals surface area contributed by atoms with Gasteiger partial charge in [0, 0.05) is 0 Å². The molecule has 124 valence electrons. The fraction of sp³-hybridized carbons (Fsp3) is 1.00. The Kier molecular flexibility index (Phi) is 5.48. The zero-order valence-corrected chi connectivity index (χ0v) is 11.0. The van der Waals surface area contributed by atoms with Crippen molar-refractivity contribution in [3.05, 3.63) is 0 Å². The van der Waals surface area contributed by atoms with Crippen LogP contribution < -0.4 is 0 Å². The normalized spacial score (nSPS) is 51.9. The highest BCUT2D eigenvalue weighted by molar-refractivity contribution is 4.91. The summed E-state index contributed by atoms with van der Waals surface area (Å²) in [7, 11) is 0. The van der Waals surface area contributed by atoms with Gasteiger partial charge in [0.05, 0.1) is 13.2 Å². The largest absolute Gasteiger partial charge is 0.394 e. The highest BCUT2D eigenvalue weighted by atomic mass is 16.7. The molecule has 21 heavy (non-hydrogen) atoms. The van der Waals surface area contributed by atoms with Crippen LogP contribution in [0.1, 0.15) is 0 Å². The molecule has 0 radical (unpaired) electrons. The molecule has 9 atom stereocenters. The molecule has 10 heteroatoms. The summed E-state index contributed by atoms with van der Waals surface area (Å²) in [5.74, 6) is 0. The van der Waals surface area contributed by atoms with Crippen LogP contribution in [0, 0.1) is 0 Å². The van der Waals surface area contributed by atoms with Crippen LogP contribution in [0.3, 0.4) is 0 Å². The fourth-order valence-electron chi connectivity index (χ4n) is 2.25. The average molecular weight is 312 g/mol. The molecule has 4 unspecified atom stereocenters. The molecule has 0 amide bonds. The van der Waals surface area contributed by atoms with Gasteiger partial charge in [0.2, 0.25) is 0 Å². The predicted octanol–water partition coefficient (Wildman–Crippen LogP) is -4.76. The molecule has 10 nitrogen and oxygen atoms in total. The van der Waals surface area contributed by atoms with Gasteiger partial charge >= 0.3 is 0 Å². The van der Waals surface area contributed by atoms with E-state index in [-0.39, 0.29) is 6.61 Å². The van der Waals surface area contributed by atoms with Crippen molar-refractivity contribution in [1.82, 2.24) is 0 Å². The van der Waals surface area contributed by atoms with Crippen LogP contribution in [-0.4, -0.2) is 104 Å². The van der Waals surface area contributed by atoms with Crippen LogP contribution in [0.2, 0.25) is 0 Å². The first-order valence-electron chi connectivity index (χ1n) is 6.48. The van der Waals surface area contributed by atoms with Gasteiger partial charge < -0.3 is 50.0 Å². The van der Waals surface area contributed by atoms with E-state index in [0.29, 0.717) is 0 Å². The third-order valence-corrected chi connectivity index (χ3v) is 3.61. The van der Waals surface area contributed by atoms with Gasteiger partial charge in [-0.15, -0.1) is 0 Å². The molecule has 0 aromatic carbocycles. The summed E-state index contributed by atoms with van der Waals surface area (Å²) in [6, 6.07) is 0. The molecule has 2 rings (SSSR count). The Bertz CT molecular complexity index is 339. The zero-order valence-electron chi connectivity index (χ0n) is 11.0. The van der Waals surface area contributed by atoms with E-state index in [1.807, 2.05) is 0 Å². The lowest BCUT2D eigenvalue weighted by Crippen LogP contribution is -2.62. The minimum Gasteiger partial charge on any atom is -0.394 e. The highest BCUT2D eigenvalue weighted by Gasteiger charge is 2.47. The summed E-state index contributed by atoms with van der Waals surface area (Å²) < 4.78 is 15.1. The minimum absolute atomic E-state index is 0.283. The molecule has 2 aliphatic rings. The Morgan fingerprint density at radius 3 is 2.14 bits per heavy atom. The van der Waals surface area contributed by atoms with E-state index in [1.165, 1.54) is 0 Å². The molecule has 0 spiro atoms. The van der Waals surface area contributed by atoms with Crippen molar-refractivity contribution in [2.45, 2.75) is 55.3 Å². The monoisotopic (exact) mass is 312 g/mol. The van der Waals surface area contributed by atoms with E-state index in [9.17, 15) is 30.6 Å². The van der Waals surface area contributed by atoms with Gasteiger partial charge in [0.15, 0.2) is 12.6 Å². The van der Waals surface area contributed by atoms with Crippen molar-refractivity contribution in [3.8, 4) is 0 Å². The Hall–Kier alpha value is -0.400. The van der Waals surface area contributed by atoms with E-state index in [4.69, 9.17) is 19.3 Å². The van der Waals surface area contributed by atoms with Gasteiger partial charge in [0.25, 0.3) is 0 Å². The maximum atomic E-state index is 9.78. The summed E-state index contributed by atoms with van der Waals surface area (Å²) in [6.45, 7) is -0.899. The standard InChI is InChI=1S/C11H20O10/c12-1-3-5(13)7(15)9(17)11(20-3)21-4-2-19-10(18)8(16)6(4)14/h3-18H,1-2H2/t3?,4-,5-,6-,7-,8?,9?,10?,11-/m0/s1. The Labute approximate surface area is 119 Å². The van der Waals surface area contributed by atoms with Gasteiger partial charge in [-0.2, -0.15) is 0 Å². The number of aliphatic hydroxyl groups excluding tert-OH is 7. The predicted molar refractivity (Wildman–Crippen MR) is 62.6 cm³/mol. The Morgan fingerprint density at radius 1 is 0.857 bits per heavy atom. The van der Waals surface area contributed by atoms with E-state index < -0.39 is 61.9 Å². The number of rotatable bonds is 3. The van der Waals surface area contributed by atoms with Crippen LogP contribution >= 0.6 is 0 Å². The molecular formula is C11H20O10. The number of hydrogen-bond acceptors (Lipinski definition) is 10. The van der Waals surface area contributed by atoms with Crippen molar-refractivity contribution in [3.63, 3.8) is 0 Å². The third-order valence-electron chi connectivity index (χ3n) is 3.61. The molecule has 2 fully saturated rings. The van der Waals surface area contributed by atoms with Crippen LogP contribution in [0.25, 0.3) is 0 Å². The fourth-order valence-corrected chi connectivity index (χ4v) is 2.25. The number of hydrogen-bond donors (Lipinski definition) is 7. The zero-order chi connectivity index (χ0) is 15.7. The maximum Gasteiger partial charge on any atom is 0.187 e. The molecule has 0 saturated carbocycles. The van der Waals surface area contributed by atoms with Crippen LogP contribution in [-0.2, 0) is 14.2 Å². The summed E-state index contributed by atoms with van der Waals surface area (Å²) in [5.41, 5.74) is 0. The second kappa shape index (κ2) is 6.79. The minimum atomic E-state index is -1.63. The first-order valence-corrected chi connectivity index (χ1v) is 6.48. The third kappa shape index (κ3) is 3.35. The summed E-state index contributed by atoms with van der Waals surface area (Å²) in [5, 5.41) is 66.5. The molecule has 0 aliphatic carbocycles. The molecule has 0 aromatic heterocycles. The lowest BCUT2D eigenvalue weighted by atomic mass is 9.99. The van der Waals surface area contributed by atoms with Gasteiger partial charge in [-0.3, -0.25) is 0 Å². The van der Waals surface area contributed by atoms with Gasteiger partial charge in [0.1, 0.15) is 42.7 Å². The Balaban J connectivity index is 2.01. The SMILES string of the molecule is OCC1O[C@@H](O[C@H]2COC(O)C(O)[C@H]2O)C(O)[C@@H](O)[C@H]1O. The maximum absolute atomic E-state index is 9.78. The smallest absolute Gasteiger partial charge is 0.187 e. The second-order valence-corrected chi connectivity index (χ2v) is 5.08. The Morgan fingerprint density at radius 2 is 1.52 bits per heavy atom. The lowest BCUT2D eigenvalue weighted by Gasteiger charge is -2.43. The number of ether oxygens (including phenoxy) is 3. The molecule has 0 bridgehead atoms. The number of aliphatic hydroxyl groups is 7. The van der Waals surface area contributed by atoms with Gasteiger partial charge in [-0.1, -0.05) is 0 Å². The summed E-state index contributed by atoms with van der Waals surface area (Å²) in [6.07, 6.45) is -13.2. The van der Waals surface area contributed by atoms with E-state index in [1.54, 1.807) is 0 Å². The topological polar surface area (TPSA) is 169 Å². The lowest BCUT2D eigenvalue weighted by molar-refractivity contribution is -0.340. The molecule has 2 heterocycles. The molecule has 2 aliphatic heterocycles. The van der Waals surface area contributed by atoms with Gasteiger partial charge in [-0.05, 0) is 0 Å². The summed E-state index contributed by atoms with van der Waals surface area (Å²) >= 11 is 0. The molecule has 7 N–H and O–H groups in total. The van der Waals surface area contributed by atoms with Crippen molar-refractivity contribution in [2.75, 3.05) is 13.2 Å². The van der Waals surface area contributed by atoms with Crippen molar-refractivity contribution in [1.29, 1.82) is 0 Å². The average Bonchev–Trinajstić information content (AvgIpc) is 2.48. The van der Waals surface area contributed by atoms with E-state index in [2.05, 4.69) is 0 Å². The van der Waals surface area contributed by atoms with Crippen LogP contribution in [0.4, 0.5) is 0 Å². The first-order chi connectivity index (χ1) is 9.86. The van der Waals surface area contributed by atoms with Gasteiger partial charge in [-0.25, -0.2) is 0 Å². The quantitative estimate of drug-likeness (QED) is 0.268. The molecule has 0 aromatic rings. The van der Waals surface area contributed by atoms with Crippen molar-refractivity contribution in [2.24, 2.45) is 0 Å². The molecule has 2 saturated heterocycles. The summed E-state index contributed by atoms with van der Waals surface area (Å²) in [4.78, 5) is 0.